The van der Waals surface area contributed by atoms with Gasteiger partial charge in [0.25, 0.3) is 0 Å². The average molecular weight is 544 g/mol. The van der Waals surface area contributed by atoms with E-state index in [1.54, 1.807) is 28.8 Å². The summed E-state index contributed by atoms with van der Waals surface area (Å²) in [6, 6.07) is 8.16. The molecule has 0 saturated carbocycles. The number of aromatic nitrogens is 1. The average Bonchev–Trinajstić information content (AvgIpc) is 3.26. The number of fused-ring (bicyclic) bond motifs is 3. The topological polar surface area (TPSA) is 120 Å². The summed E-state index contributed by atoms with van der Waals surface area (Å²) >= 11 is 7.27. The lowest BCUT2D eigenvalue weighted by molar-refractivity contribution is -0.137. The molecule has 0 saturated heterocycles. The van der Waals surface area contributed by atoms with Crippen LogP contribution in [0.4, 0.5) is 0 Å². The molecule has 1 N–H and O–H groups in total. The van der Waals surface area contributed by atoms with Gasteiger partial charge < -0.3 is 14.4 Å². The molecular formula is C22H22ClNO7S3. The summed E-state index contributed by atoms with van der Waals surface area (Å²) in [5.41, 5.74) is 0.835. The van der Waals surface area contributed by atoms with Crippen molar-refractivity contribution in [3.8, 4) is 5.75 Å². The maximum absolute atomic E-state index is 12.9. The highest BCUT2D eigenvalue weighted by Gasteiger charge is 2.37. The third kappa shape index (κ3) is 4.41. The van der Waals surface area contributed by atoms with Gasteiger partial charge in [-0.05, 0) is 30.7 Å². The van der Waals surface area contributed by atoms with Crippen LogP contribution in [0.2, 0.25) is 5.02 Å². The van der Waals surface area contributed by atoms with Crippen molar-refractivity contribution < 1.29 is 31.5 Å². The summed E-state index contributed by atoms with van der Waals surface area (Å²) in [6.07, 6.45) is 2.42. The number of sulfone groups is 2. The summed E-state index contributed by atoms with van der Waals surface area (Å²) in [4.78, 5) is 12.7. The fourth-order valence-electron chi connectivity index (χ4n) is 4.45. The highest BCUT2D eigenvalue weighted by Crippen LogP contribution is 2.51. The molecule has 0 amide bonds. The molecule has 0 radical (unpaired) electrons. The van der Waals surface area contributed by atoms with Gasteiger partial charge in [-0.2, -0.15) is 0 Å². The SMILES string of the molecule is COc1cc(S(C)(=O)=O)c2c(Sc3ccc(Cl)cc3)c3n(c2c1S(C)(=O)=O)CCC3CC(=O)O. The van der Waals surface area contributed by atoms with Crippen LogP contribution < -0.4 is 4.74 Å². The number of aliphatic carboxylic acids is 1. The second-order valence-corrected chi connectivity index (χ2v) is 13.6. The minimum atomic E-state index is -3.85. The molecule has 2 heterocycles. The number of carbonyl (C=O) groups is 1. The quantitative estimate of drug-likeness (QED) is 0.470. The molecule has 1 atom stereocenters. The predicted octanol–water partition coefficient (Wildman–Crippen LogP) is 4.22. The van der Waals surface area contributed by atoms with Crippen molar-refractivity contribution in [3.63, 3.8) is 0 Å². The number of rotatable bonds is 7. The molecule has 12 heteroatoms. The van der Waals surface area contributed by atoms with Gasteiger partial charge >= 0.3 is 5.97 Å². The van der Waals surface area contributed by atoms with Crippen molar-refractivity contribution in [1.82, 2.24) is 4.57 Å². The molecule has 2 aromatic carbocycles. The number of hydrogen-bond donors (Lipinski definition) is 1. The van der Waals surface area contributed by atoms with Gasteiger partial charge in [-0.25, -0.2) is 16.8 Å². The standard InChI is InChI=1S/C22H22ClNO7S3/c1-31-15-11-16(33(2,27)28)18-20(22(15)34(3,29)30)24-9-8-12(10-17(25)26)19(24)21(18)32-14-6-4-13(23)5-7-14/h4-7,11-12H,8-10H2,1-3H3,(H,25,26). The number of benzene rings is 2. The van der Waals surface area contributed by atoms with E-state index in [1.165, 1.54) is 24.9 Å². The molecule has 1 aromatic heterocycles. The number of nitrogens with zero attached hydrogens (tertiary/aromatic N) is 1. The molecular weight excluding hydrogens is 522 g/mol. The number of halogens is 1. The smallest absolute Gasteiger partial charge is 0.304 e. The Bertz CT molecular complexity index is 1530. The van der Waals surface area contributed by atoms with E-state index in [0.717, 1.165) is 17.4 Å². The molecule has 34 heavy (non-hydrogen) atoms. The maximum atomic E-state index is 12.9. The van der Waals surface area contributed by atoms with E-state index >= 15 is 0 Å². The largest absolute Gasteiger partial charge is 0.495 e. The molecule has 8 nitrogen and oxygen atoms in total. The molecule has 1 aliphatic heterocycles. The fraction of sp³-hybridized carbons (Fsp3) is 0.318. The van der Waals surface area contributed by atoms with Crippen molar-refractivity contribution in [2.24, 2.45) is 0 Å². The van der Waals surface area contributed by atoms with E-state index in [9.17, 15) is 26.7 Å². The van der Waals surface area contributed by atoms with Crippen LogP contribution in [0.3, 0.4) is 0 Å². The van der Waals surface area contributed by atoms with Crippen LogP contribution in [-0.2, 0) is 31.0 Å². The molecule has 0 fully saturated rings. The van der Waals surface area contributed by atoms with Crippen molar-refractivity contribution in [2.75, 3.05) is 19.6 Å². The highest BCUT2D eigenvalue weighted by molar-refractivity contribution is 7.99. The third-order valence-corrected chi connectivity index (χ3v) is 9.37. The van der Waals surface area contributed by atoms with Crippen LogP contribution >= 0.6 is 23.4 Å². The zero-order valence-electron chi connectivity index (χ0n) is 18.5. The van der Waals surface area contributed by atoms with Crippen LogP contribution in [0.15, 0.2) is 49.9 Å². The molecule has 1 aliphatic rings. The molecule has 4 rings (SSSR count). The van der Waals surface area contributed by atoms with Gasteiger partial charge in [-0.3, -0.25) is 4.79 Å². The molecule has 0 aliphatic carbocycles. The first kappa shape index (κ1) is 24.9. The molecule has 3 aromatic rings. The monoisotopic (exact) mass is 543 g/mol. The molecule has 0 spiro atoms. The van der Waals surface area contributed by atoms with E-state index in [-0.39, 0.29) is 32.9 Å². The first-order valence-corrected chi connectivity index (χ1v) is 15.1. The lowest BCUT2D eigenvalue weighted by Gasteiger charge is -2.14. The fourth-order valence-corrected chi connectivity index (χ4v) is 7.80. The Labute approximate surface area is 206 Å². The van der Waals surface area contributed by atoms with E-state index < -0.39 is 31.6 Å². The van der Waals surface area contributed by atoms with Crippen LogP contribution in [0.25, 0.3) is 10.9 Å². The Kier molecular flexibility index (Phi) is 6.43. The number of hydrogen-bond acceptors (Lipinski definition) is 7. The van der Waals surface area contributed by atoms with Crippen LogP contribution in [-0.4, -0.2) is 52.1 Å². The van der Waals surface area contributed by atoms with Crippen molar-refractivity contribution in [2.45, 2.75) is 44.9 Å². The second kappa shape index (κ2) is 8.78. The van der Waals surface area contributed by atoms with Crippen LogP contribution in [0.5, 0.6) is 5.75 Å². The highest BCUT2D eigenvalue weighted by atomic mass is 35.5. The number of carboxylic acid groups (broad SMARTS) is 1. The van der Waals surface area contributed by atoms with E-state index in [1.807, 2.05) is 0 Å². The van der Waals surface area contributed by atoms with E-state index in [0.29, 0.717) is 28.6 Å². The van der Waals surface area contributed by atoms with Crippen LogP contribution in [0.1, 0.15) is 24.5 Å². The van der Waals surface area contributed by atoms with Gasteiger partial charge in [-0.15, -0.1) is 0 Å². The normalized spacial score (nSPS) is 16.1. The van der Waals surface area contributed by atoms with Gasteiger partial charge in [0.15, 0.2) is 19.7 Å². The van der Waals surface area contributed by atoms with E-state index in [4.69, 9.17) is 16.3 Å². The van der Waals surface area contributed by atoms with Crippen molar-refractivity contribution in [3.05, 3.63) is 41.0 Å². The van der Waals surface area contributed by atoms with Crippen LogP contribution in [0, 0.1) is 0 Å². The Morgan fingerprint density at radius 3 is 2.35 bits per heavy atom. The summed E-state index contributed by atoms with van der Waals surface area (Å²) in [7, 11) is -6.37. The van der Waals surface area contributed by atoms with Crippen molar-refractivity contribution in [1.29, 1.82) is 0 Å². The Balaban J connectivity index is 2.19. The van der Waals surface area contributed by atoms with Gasteiger partial charge in [-0.1, -0.05) is 23.4 Å². The Morgan fingerprint density at radius 2 is 1.82 bits per heavy atom. The van der Waals surface area contributed by atoms with Gasteiger partial charge in [0.1, 0.15) is 10.6 Å². The van der Waals surface area contributed by atoms with Crippen molar-refractivity contribution >= 4 is 59.9 Å². The predicted molar refractivity (Wildman–Crippen MR) is 130 cm³/mol. The zero-order valence-corrected chi connectivity index (χ0v) is 21.7. The van der Waals surface area contributed by atoms with Gasteiger partial charge in [0.2, 0.25) is 0 Å². The minimum Gasteiger partial charge on any atom is -0.495 e. The van der Waals surface area contributed by atoms with Gasteiger partial charge in [0, 0.05) is 56.9 Å². The first-order valence-electron chi connectivity index (χ1n) is 10.1. The lowest BCUT2D eigenvalue weighted by Crippen LogP contribution is -2.08. The summed E-state index contributed by atoms with van der Waals surface area (Å²) in [5.74, 6) is -1.47. The maximum Gasteiger partial charge on any atom is 0.304 e. The number of ether oxygens (including phenoxy) is 1. The molecule has 1 unspecified atom stereocenters. The summed E-state index contributed by atoms with van der Waals surface area (Å²) in [6.45, 7) is 0.351. The van der Waals surface area contributed by atoms with E-state index in [2.05, 4.69) is 0 Å². The summed E-state index contributed by atoms with van der Waals surface area (Å²) < 4.78 is 58.6. The molecule has 0 bridgehead atoms. The van der Waals surface area contributed by atoms with Gasteiger partial charge in [0.05, 0.1) is 23.9 Å². The minimum absolute atomic E-state index is 0.0690. The number of carboxylic acids is 1. The first-order chi connectivity index (χ1) is 15.8. The Morgan fingerprint density at radius 1 is 1.18 bits per heavy atom. The second-order valence-electron chi connectivity index (χ2n) is 8.18. The Hall–Kier alpha value is -2.21. The number of aryl methyl sites for hydroxylation is 1. The third-order valence-electron chi connectivity index (χ3n) is 5.74. The summed E-state index contributed by atoms with van der Waals surface area (Å²) in [5, 5.41) is 10.3. The zero-order chi connectivity index (χ0) is 25.0. The lowest BCUT2D eigenvalue weighted by atomic mass is 10.0. The molecule has 182 valence electrons. The number of methoxy groups -OCH3 is 1.